The predicted molar refractivity (Wildman–Crippen MR) is 53.4 cm³/mol. The number of hydrogen-bond acceptors (Lipinski definition) is 4. The Morgan fingerprint density at radius 3 is 2.73 bits per heavy atom. The van der Waals surface area contributed by atoms with Crippen molar-refractivity contribution in [2.75, 3.05) is 4.90 Å². The van der Waals surface area contributed by atoms with Gasteiger partial charge in [-0.1, -0.05) is 6.08 Å². The first-order chi connectivity index (χ1) is 7.42. The van der Waals surface area contributed by atoms with Crippen molar-refractivity contribution in [2.45, 2.75) is 6.23 Å². The normalized spacial score (nSPS) is 18.3. The van der Waals surface area contributed by atoms with E-state index in [-0.39, 0.29) is 5.95 Å². The van der Waals surface area contributed by atoms with Gasteiger partial charge in [-0.3, -0.25) is 4.79 Å². The van der Waals surface area contributed by atoms with Gasteiger partial charge in [-0.25, -0.2) is 14.9 Å². The van der Waals surface area contributed by atoms with Crippen molar-refractivity contribution in [2.24, 2.45) is 0 Å². The molecule has 2 rings (SSSR count). The van der Waals surface area contributed by atoms with E-state index in [4.69, 9.17) is 4.74 Å². The molecular formula is C10H8N3O2. The van der Waals surface area contributed by atoms with Crippen molar-refractivity contribution >= 4 is 12.4 Å². The van der Waals surface area contributed by atoms with E-state index in [1.165, 1.54) is 11.2 Å². The van der Waals surface area contributed by atoms with Gasteiger partial charge < -0.3 is 4.74 Å². The van der Waals surface area contributed by atoms with Crippen LogP contribution in [0.4, 0.5) is 5.95 Å². The van der Waals surface area contributed by atoms with Crippen LogP contribution in [0.5, 0.6) is 0 Å². The SMILES string of the molecule is O=[C]N(c1ncccn1)C1C=CC=CO1. The fourth-order valence-electron chi connectivity index (χ4n) is 1.14. The minimum Gasteiger partial charge on any atom is -0.474 e. The van der Waals surface area contributed by atoms with E-state index in [0.717, 1.165) is 0 Å². The molecule has 2 heterocycles. The highest BCUT2D eigenvalue weighted by molar-refractivity contribution is 5.72. The lowest BCUT2D eigenvalue weighted by molar-refractivity contribution is 0.188. The van der Waals surface area contributed by atoms with E-state index in [0.29, 0.717) is 0 Å². The van der Waals surface area contributed by atoms with Gasteiger partial charge in [0, 0.05) is 12.4 Å². The van der Waals surface area contributed by atoms with Gasteiger partial charge in [0.05, 0.1) is 6.26 Å². The zero-order valence-corrected chi connectivity index (χ0v) is 7.78. The molecule has 0 spiro atoms. The van der Waals surface area contributed by atoms with E-state index >= 15 is 0 Å². The molecule has 5 nitrogen and oxygen atoms in total. The number of anilines is 1. The van der Waals surface area contributed by atoms with Gasteiger partial charge in [0.15, 0.2) is 0 Å². The molecule has 1 radical (unpaired) electrons. The zero-order valence-electron chi connectivity index (χ0n) is 7.78. The lowest BCUT2D eigenvalue weighted by Gasteiger charge is -2.23. The van der Waals surface area contributed by atoms with E-state index in [1.807, 2.05) is 0 Å². The molecule has 1 aromatic heterocycles. The zero-order chi connectivity index (χ0) is 10.5. The Labute approximate surface area is 86.7 Å². The molecule has 1 atom stereocenters. The molecule has 1 amide bonds. The first-order valence-corrected chi connectivity index (χ1v) is 4.34. The fraction of sp³-hybridized carbons (Fsp3) is 0.100. The smallest absolute Gasteiger partial charge is 0.322 e. The molecule has 1 unspecified atom stereocenters. The van der Waals surface area contributed by atoms with Crippen LogP contribution in [0.2, 0.25) is 0 Å². The summed E-state index contributed by atoms with van der Waals surface area (Å²) in [4.78, 5) is 19.8. The third-order valence-corrected chi connectivity index (χ3v) is 1.80. The van der Waals surface area contributed by atoms with E-state index in [2.05, 4.69) is 9.97 Å². The number of hydrogen-bond donors (Lipinski definition) is 0. The maximum absolute atomic E-state index is 10.8. The van der Waals surface area contributed by atoms with Gasteiger partial charge in [-0.15, -0.1) is 0 Å². The van der Waals surface area contributed by atoms with Crippen molar-refractivity contribution < 1.29 is 9.53 Å². The van der Waals surface area contributed by atoms with Crippen LogP contribution in [-0.2, 0) is 9.53 Å². The molecule has 1 aliphatic rings. The molecule has 15 heavy (non-hydrogen) atoms. The van der Waals surface area contributed by atoms with Gasteiger partial charge in [0.25, 0.3) is 0 Å². The van der Waals surface area contributed by atoms with Crippen molar-refractivity contribution in [3.05, 3.63) is 43.0 Å². The first-order valence-electron chi connectivity index (χ1n) is 4.34. The Hall–Kier alpha value is -2.17. The Balaban J connectivity index is 2.21. The fourth-order valence-corrected chi connectivity index (χ4v) is 1.14. The van der Waals surface area contributed by atoms with Crippen LogP contribution in [0.1, 0.15) is 0 Å². The second kappa shape index (κ2) is 4.36. The van der Waals surface area contributed by atoms with E-state index in [1.54, 1.807) is 43.1 Å². The van der Waals surface area contributed by atoms with Crippen LogP contribution in [0.25, 0.3) is 0 Å². The number of allylic oxidation sites excluding steroid dienone is 2. The van der Waals surface area contributed by atoms with Crippen LogP contribution < -0.4 is 4.90 Å². The molecule has 1 aliphatic heterocycles. The van der Waals surface area contributed by atoms with Crippen molar-refractivity contribution in [1.29, 1.82) is 0 Å². The van der Waals surface area contributed by atoms with Gasteiger partial charge in [0.2, 0.25) is 12.2 Å². The molecule has 1 aromatic rings. The summed E-state index contributed by atoms with van der Waals surface area (Å²) in [6.07, 6.45) is 11.0. The van der Waals surface area contributed by atoms with E-state index in [9.17, 15) is 4.79 Å². The molecule has 0 aliphatic carbocycles. The monoisotopic (exact) mass is 202 g/mol. The summed E-state index contributed by atoms with van der Waals surface area (Å²) in [5, 5.41) is 0. The quantitative estimate of drug-likeness (QED) is 0.679. The number of carbonyl (C=O) groups excluding carboxylic acids is 1. The maximum atomic E-state index is 10.8. The molecule has 0 fully saturated rings. The lowest BCUT2D eigenvalue weighted by Crippen LogP contribution is -2.35. The van der Waals surface area contributed by atoms with Crippen LogP contribution in [-0.4, -0.2) is 22.6 Å². The van der Waals surface area contributed by atoms with Crippen LogP contribution in [0.3, 0.4) is 0 Å². The summed E-state index contributed by atoms with van der Waals surface area (Å²) in [6, 6.07) is 1.67. The van der Waals surface area contributed by atoms with Crippen molar-refractivity contribution in [3.8, 4) is 0 Å². The Bertz CT molecular complexity index is 389. The molecular weight excluding hydrogens is 194 g/mol. The highest BCUT2D eigenvalue weighted by atomic mass is 16.5. The minimum absolute atomic E-state index is 0.262. The topological polar surface area (TPSA) is 55.3 Å². The summed E-state index contributed by atoms with van der Waals surface area (Å²) in [6.45, 7) is 0. The summed E-state index contributed by atoms with van der Waals surface area (Å²) in [5.74, 6) is 0.262. The average molecular weight is 202 g/mol. The molecule has 0 aromatic carbocycles. The number of aromatic nitrogens is 2. The molecule has 75 valence electrons. The number of ether oxygens (including phenoxy) is 1. The van der Waals surface area contributed by atoms with Gasteiger partial charge in [-0.2, -0.15) is 0 Å². The number of rotatable bonds is 3. The molecule has 0 bridgehead atoms. The Morgan fingerprint density at radius 2 is 2.13 bits per heavy atom. The number of nitrogens with zero attached hydrogens (tertiary/aromatic N) is 3. The summed E-state index contributed by atoms with van der Waals surface area (Å²) < 4.78 is 5.20. The Kier molecular flexibility index (Phi) is 2.73. The van der Waals surface area contributed by atoms with Gasteiger partial charge >= 0.3 is 6.41 Å². The van der Waals surface area contributed by atoms with Crippen LogP contribution >= 0.6 is 0 Å². The second-order valence-electron chi connectivity index (χ2n) is 2.75. The third kappa shape index (κ3) is 2.01. The summed E-state index contributed by atoms with van der Waals surface area (Å²) in [5.41, 5.74) is 0. The van der Waals surface area contributed by atoms with Crippen LogP contribution in [0, 0.1) is 0 Å². The van der Waals surface area contributed by atoms with Crippen molar-refractivity contribution in [3.63, 3.8) is 0 Å². The minimum atomic E-state index is -0.533. The second-order valence-corrected chi connectivity index (χ2v) is 2.75. The maximum Gasteiger partial charge on any atom is 0.322 e. The molecule has 0 saturated heterocycles. The highest BCUT2D eigenvalue weighted by Gasteiger charge is 2.20. The summed E-state index contributed by atoms with van der Waals surface area (Å²) >= 11 is 0. The van der Waals surface area contributed by atoms with Crippen molar-refractivity contribution in [1.82, 2.24) is 9.97 Å². The number of amides is 1. The molecule has 0 N–H and O–H groups in total. The molecule has 5 heteroatoms. The predicted octanol–water partition coefficient (Wildman–Crippen LogP) is 0.776. The molecule has 0 saturated carbocycles. The van der Waals surface area contributed by atoms with Gasteiger partial charge in [-0.05, 0) is 18.2 Å². The standard InChI is InChI=1S/C10H8N3O2/c14-8-13(9-4-1-2-7-15-9)10-11-5-3-6-12-10/h1-7,9H. The van der Waals surface area contributed by atoms with E-state index < -0.39 is 6.23 Å². The Morgan fingerprint density at radius 1 is 1.33 bits per heavy atom. The summed E-state index contributed by atoms with van der Waals surface area (Å²) in [7, 11) is 0. The largest absolute Gasteiger partial charge is 0.474 e. The van der Waals surface area contributed by atoms with Gasteiger partial charge in [0.1, 0.15) is 0 Å². The lowest BCUT2D eigenvalue weighted by atomic mass is 10.4. The third-order valence-electron chi connectivity index (χ3n) is 1.80. The van der Waals surface area contributed by atoms with Crippen LogP contribution in [0.15, 0.2) is 43.0 Å². The average Bonchev–Trinajstić information content (AvgIpc) is 2.33. The highest BCUT2D eigenvalue weighted by Crippen LogP contribution is 2.12. The first kappa shape index (κ1) is 9.39.